The molecule has 2 aromatic rings. The summed E-state index contributed by atoms with van der Waals surface area (Å²) in [6.07, 6.45) is 0.352. The molecule has 0 unspecified atom stereocenters. The van der Waals surface area contributed by atoms with Gasteiger partial charge in [0.1, 0.15) is 5.82 Å². The van der Waals surface area contributed by atoms with E-state index in [-0.39, 0.29) is 11.3 Å². The third kappa shape index (κ3) is 4.08. The molecule has 5 nitrogen and oxygen atoms in total. The van der Waals surface area contributed by atoms with Crippen LogP contribution in [0.25, 0.3) is 0 Å². The minimum absolute atomic E-state index is 0.00265. The van der Waals surface area contributed by atoms with Gasteiger partial charge in [0, 0.05) is 11.8 Å². The number of aryl methyl sites for hydroxylation is 2. The van der Waals surface area contributed by atoms with Crippen molar-refractivity contribution in [2.75, 3.05) is 0 Å². The zero-order valence-electron chi connectivity index (χ0n) is 11.2. The normalized spacial score (nSPS) is 11.3. The smallest absolute Gasteiger partial charge is 0.264 e. The van der Waals surface area contributed by atoms with Crippen LogP contribution in [0.3, 0.4) is 0 Å². The first-order valence-electron chi connectivity index (χ1n) is 6.07. The highest BCUT2D eigenvalue weighted by Gasteiger charge is 2.20. The molecule has 0 aliphatic rings. The van der Waals surface area contributed by atoms with Gasteiger partial charge < -0.3 is 0 Å². The Morgan fingerprint density at radius 2 is 2.19 bits per heavy atom. The Morgan fingerprint density at radius 1 is 1.43 bits per heavy atom. The first-order chi connectivity index (χ1) is 9.88. The van der Waals surface area contributed by atoms with Gasteiger partial charge in [-0.2, -0.15) is 0 Å². The highest BCUT2D eigenvalue weighted by Crippen LogP contribution is 2.16. The zero-order valence-corrected chi connectivity index (χ0v) is 12.8. The van der Waals surface area contributed by atoms with Crippen LogP contribution in [0.4, 0.5) is 4.39 Å². The third-order valence-electron chi connectivity index (χ3n) is 2.78. The summed E-state index contributed by atoms with van der Waals surface area (Å²) in [5.41, 5.74) is 2.74. The minimum atomic E-state index is -4.06. The molecule has 0 aliphatic carbocycles. The van der Waals surface area contributed by atoms with Gasteiger partial charge in [-0.15, -0.1) is 11.3 Å². The molecule has 0 fully saturated rings. The maximum absolute atomic E-state index is 13.2. The fourth-order valence-corrected chi connectivity index (χ4v) is 3.59. The van der Waals surface area contributed by atoms with Gasteiger partial charge in [0.2, 0.25) is 5.91 Å². The van der Waals surface area contributed by atoms with Crippen molar-refractivity contribution in [1.29, 1.82) is 0 Å². The van der Waals surface area contributed by atoms with E-state index in [4.69, 9.17) is 0 Å². The van der Waals surface area contributed by atoms with Crippen LogP contribution >= 0.6 is 11.3 Å². The van der Waals surface area contributed by atoms with Gasteiger partial charge >= 0.3 is 0 Å². The number of carbonyl (C=O) groups is 1. The lowest BCUT2D eigenvalue weighted by atomic mass is 10.2. The Kier molecular flexibility index (Phi) is 4.69. The van der Waals surface area contributed by atoms with Crippen molar-refractivity contribution in [1.82, 2.24) is 9.71 Å². The lowest BCUT2D eigenvalue weighted by molar-refractivity contribution is -0.119. The first kappa shape index (κ1) is 15.6. The van der Waals surface area contributed by atoms with Crippen LogP contribution in [0.15, 0.2) is 34.0 Å². The van der Waals surface area contributed by atoms with E-state index in [0.29, 0.717) is 12.0 Å². The highest BCUT2D eigenvalue weighted by molar-refractivity contribution is 7.90. The molecule has 112 valence electrons. The van der Waals surface area contributed by atoms with E-state index in [1.165, 1.54) is 30.4 Å². The fourth-order valence-electron chi connectivity index (χ4n) is 1.72. The summed E-state index contributed by atoms with van der Waals surface area (Å²) in [5, 5.41) is 1.79. The Bertz CT molecular complexity index is 743. The lowest BCUT2D eigenvalue weighted by Gasteiger charge is -2.09. The van der Waals surface area contributed by atoms with E-state index in [2.05, 4.69) is 4.98 Å². The highest BCUT2D eigenvalue weighted by atomic mass is 32.2. The van der Waals surface area contributed by atoms with Crippen LogP contribution in [0, 0.1) is 12.7 Å². The summed E-state index contributed by atoms with van der Waals surface area (Å²) < 4.78 is 39.2. The lowest BCUT2D eigenvalue weighted by Crippen LogP contribution is -2.31. The van der Waals surface area contributed by atoms with E-state index >= 15 is 0 Å². The minimum Gasteiger partial charge on any atom is -0.274 e. The van der Waals surface area contributed by atoms with Crippen molar-refractivity contribution in [3.8, 4) is 0 Å². The predicted octanol–water partition coefficient (Wildman–Crippen LogP) is 2.03. The summed E-state index contributed by atoms with van der Waals surface area (Å²) in [7, 11) is -4.06. The van der Waals surface area contributed by atoms with Crippen LogP contribution in [-0.2, 0) is 21.2 Å². The molecule has 2 rings (SSSR count). The van der Waals surface area contributed by atoms with Crippen molar-refractivity contribution in [2.45, 2.75) is 24.7 Å². The first-order valence-corrected chi connectivity index (χ1v) is 8.50. The van der Waals surface area contributed by atoms with Crippen molar-refractivity contribution in [3.63, 3.8) is 0 Å². The van der Waals surface area contributed by atoms with Gasteiger partial charge in [-0.05, 0) is 31.0 Å². The number of benzene rings is 1. The topological polar surface area (TPSA) is 76.1 Å². The fraction of sp³-hybridized carbons (Fsp3) is 0.231. The maximum atomic E-state index is 13.2. The average Bonchev–Trinajstić information content (AvgIpc) is 2.92. The van der Waals surface area contributed by atoms with Gasteiger partial charge in [0.05, 0.1) is 16.1 Å². The van der Waals surface area contributed by atoms with Crippen molar-refractivity contribution >= 4 is 27.3 Å². The summed E-state index contributed by atoms with van der Waals surface area (Å²) in [4.78, 5) is 15.5. The molecule has 1 aromatic heterocycles. The standard InChI is InChI=1S/C13H13FN2O3S2/c1-9-2-3-10(14)6-12(9)21(18,19)16-13(17)5-4-11-7-20-8-15-11/h2-3,6-8H,4-5H2,1H3,(H,16,17). The van der Waals surface area contributed by atoms with E-state index in [1.807, 2.05) is 4.72 Å². The molecule has 1 aromatic carbocycles. The Labute approximate surface area is 125 Å². The second-order valence-corrected chi connectivity index (χ2v) is 6.79. The van der Waals surface area contributed by atoms with Crippen molar-refractivity contribution in [3.05, 3.63) is 46.2 Å². The van der Waals surface area contributed by atoms with Crippen molar-refractivity contribution < 1.29 is 17.6 Å². The van der Waals surface area contributed by atoms with E-state index in [9.17, 15) is 17.6 Å². The van der Waals surface area contributed by atoms with E-state index < -0.39 is 21.7 Å². The summed E-state index contributed by atoms with van der Waals surface area (Å²) in [6.45, 7) is 1.54. The molecule has 21 heavy (non-hydrogen) atoms. The molecule has 1 amide bonds. The Hall–Kier alpha value is -1.80. The molecule has 0 saturated carbocycles. The number of rotatable bonds is 5. The molecule has 0 bridgehead atoms. The van der Waals surface area contributed by atoms with Gasteiger partial charge in [-0.3, -0.25) is 4.79 Å². The summed E-state index contributed by atoms with van der Waals surface area (Å²) in [5.74, 6) is -1.32. The number of halogens is 1. The van der Waals surface area contributed by atoms with E-state index in [1.54, 1.807) is 10.9 Å². The number of hydrogen-bond acceptors (Lipinski definition) is 5. The number of hydrogen-bond donors (Lipinski definition) is 1. The molecule has 0 atom stereocenters. The Morgan fingerprint density at radius 3 is 2.86 bits per heavy atom. The molecular weight excluding hydrogens is 315 g/mol. The number of thiazole rings is 1. The molecule has 8 heteroatoms. The molecule has 0 radical (unpaired) electrons. The second-order valence-electron chi connectivity index (χ2n) is 4.42. The molecule has 1 heterocycles. The van der Waals surface area contributed by atoms with Gasteiger partial charge in [0.25, 0.3) is 10.0 Å². The molecule has 1 N–H and O–H groups in total. The number of amides is 1. The SMILES string of the molecule is Cc1ccc(F)cc1S(=O)(=O)NC(=O)CCc1cscn1. The number of aromatic nitrogens is 1. The summed E-state index contributed by atoms with van der Waals surface area (Å²) >= 11 is 1.40. The second kappa shape index (κ2) is 6.31. The maximum Gasteiger partial charge on any atom is 0.264 e. The van der Waals surface area contributed by atoms with Crippen LogP contribution in [0.5, 0.6) is 0 Å². The molecule has 0 saturated heterocycles. The predicted molar refractivity (Wildman–Crippen MR) is 76.9 cm³/mol. The quantitative estimate of drug-likeness (QED) is 0.911. The van der Waals surface area contributed by atoms with Gasteiger partial charge in [-0.1, -0.05) is 6.07 Å². The van der Waals surface area contributed by atoms with Gasteiger partial charge in [0.15, 0.2) is 0 Å². The number of carbonyl (C=O) groups excluding carboxylic acids is 1. The Balaban J connectivity index is 2.06. The van der Waals surface area contributed by atoms with Crippen LogP contribution in [0.1, 0.15) is 17.7 Å². The monoisotopic (exact) mass is 328 g/mol. The molecule has 0 aliphatic heterocycles. The number of nitrogens with zero attached hydrogens (tertiary/aromatic N) is 1. The van der Waals surface area contributed by atoms with Gasteiger partial charge in [-0.25, -0.2) is 22.5 Å². The largest absolute Gasteiger partial charge is 0.274 e. The van der Waals surface area contributed by atoms with Crippen LogP contribution in [0.2, 0.25) is 0 Å². The van der Waals surface area contributed by atoms with Crippen molar-refractivity contribution in [2.24, 2.45) is 0 Å². The number of sulfonamides is 1. The van der Waals surface area contributed by atoms with E-state index in [0.717, 1.165) is 11.8 Å². The third-order valence-corrected chi connectivity index (χ3v) is 4.93. The molecular formula is C13H13FN2O3S2. The molecule has 0 spiro atoms. The number of nitrogens with one attached hydrogen (secondary N) is 1. The average molecular weight is 328 g/mol. The zero-order chi connectivity index (χ0) is 15.5. The summed E-state index contributed by atoms with van der Waals surface area (Å²) in [6, 6.07) is 3.41. The van der Waals surface area contributed by atoms with Crippen LogP contribution < -0.4 is 4.72 Å². The van der Waals surface area contributed by atoms with Crippen LogP contribution in [-0.4, -0.2) is 19.3 Å².